The Labute approximate surface area is 198 Å². The molecule has 5 rings (SSSR count). The van der Waals surface area contributed by atoms with E-state index < -0.39 is 21.9 Å². The summed E-state index contributed by atoms with van der Waals surface area (Å²) >= 11 is 1.30. The van der Waals surface area contributed by atoms with Crippen molar-refractivity contribution in [1.29, 1.82) is 0 Å². The number of rotatable bonds is 6. The first-order chi connectivity index (χ1) is 16.3. The van der Waals surface area contributed by atoms with Crippen molar-refractivity contribution in [3.63, 3.8) is 0 Å². The van der Waals surface area contributed by atoms with E-state index in [-0.39, 0.29) is 42.2 Å². The zero-order chi connectivity index (χ0) is 24.1. The molecule has 34 heavy (non-hydrogen) atoms. The Hall–Kier alpha value is -3.29. The van der Waals surface area contributed by atoms with Gasteiger partial charge in [0, 0.05) is 24.1 Å². The largest absolute Gasteiger partial charge is 0.463 e. The van der Waals surface area contributed by atoms with Crippen LogP contribution in [0.15, 0.2) is 35.6 Å². The van der Waals surface area contributed by atoms with Gasteiger partial charge in [-0.25, -0.2) is 18.7 Å². The van der Waals surface area contributed by atoms with Gasteiger partial charge >= 0.3 is 0 Å². The summed E-state index contributed by atoms with van der Waals surface area (Å²) in [5, 5.41) is 10.1. The van der Waals surface area contributed by atoms with E-state index in [0.29, 0.717) is 28.7 Å². The number of nitrogens with two attached hydrogens (primary N) is 1. The Morgan fingerprint density at radius 3 is 2.94 bits per heavy atom. The van der Waals surface area contributed by atoms with E-state index >= 15 is 4.39 Å². The maximum atomic E-state index is 15.1. The molecule has 0 amide bonds. The van der Waals surface area contributed by atoms with Crippen molar-refractivity contribution >= 4 is 28.0 Å². The summed E-state index contributed by atoms with van der Waals surface area (Å²) in [6.07, 6.45) is 9.04. The van der Waals surface area contributed by atoms with Gasteiger partial charge in [0.1, 0.15) is 5.52 Å². The summed E-state index contributed by atoms with van der Waals surface area (Å²) < 4.78 is 34.7. The number of thioether (sulfide) groups is 1. The smallest absolute Gasteiger partial charge is 0.233 e. The van der Waals surface area contributed by atoms with Crippen LogP contribution in [0.4, 0.5) is 8.78 Å². The molecule has 3 atom stereocenters. The van der Waals surface area contributed by atoms with Gasteiger partial charge in [-0.15, -0.1) is 6.42 Å². The van der Waals surface area contributed by atoms with Crippen LogP contribution in [0.3, 0.4) is 0 Å². The predicted molar refractivity (Wildman–Crippen MR) is 125 cm³/mol. The number of benzene rings is 1. The fourth-order valence-corrected chi connectivity index (χ4v) is 6.05. The van der Waals surface area contributed by atoms with Crippen molar-refractivity contribution in [3.05, 3.63) is 59.0 Å². The van der Waals surface area contributed by atoms with Crippen LogP contribution >= 0.6 is 11.8 Å². The highest BCUT2D eigenvalue weighted by Crippen LogP contribution is 2.65. The van der Waals surface area contributed by atoms with E-state index in [1.165, 1.54) is 18.0 Å². The average molecular weight is 482 g/mol. The molecule has 0 radical (unpaired) electrons. The van der Waals surface area contributed by atoms with Crippen molar-refractivity contribution in [2.45, 2.75) is 30.1 Å². The lowest BCUT2D eigenvalue weighted by Crippen LogP contribution is -2.37. The van der Waals surface area contributed by atoms with Crippen LogP contribution in [0.2, 0.25) is 0 Å². The van der Waals surface area contributed by atoms with E-state index in [1.807, 2.05) is 0 Å². The lowest BCUT2D eigenvalue weighted by Gasteiger charge is -2.34. The van der Waals surface area contributed by atoms with Gasteiger partial charge in [0.2, 0.25) is 5.88 Å². The average Bonchev–Trinajstić information content (AvgIpc) is 3.56. The number of ether oxygens (including phenoxy) is 1. The number of amidine groups is 1. The van der Waals surface area contributed by atoms with Gasteiger partial charge < -0.3 is 15.6 Å². The molecule has 3 N–H and O–H groups in total. The summed E-state index contributed by atoms with van der Waals surface area (Å²) in [4.78, 5) is 17.7. The number of aliphatic hydroxyl groups excluding tert-OH is 1. The van der Waals surface area contributed by atoms with Gasteiger partial charge in [0.15, 0.2) is 23.4 Å². The molecule has 0 saturated heterocycles. The Bertz CT molecular complexity index is 1380. The maximum Gasteiger partial charge on any atom is 0.233 e. The minimum absolute atomic E-state index is 0.0680. The number of terminal acetylenes is 1. The number of hydrogen-bond acceptors (Lipinski definition) is 8. The summed E-state index contributed by atoms with van der Waals surface area (Å²) in [6.45, 7) is 1.70. The fourth-order valence-electron chi connectivity index (χ4n) is 4.71. The highest BCUT2D eigenvalue weighted by Gasteiger charge is 2.66. The lowest BCUT2D eigenvalue weighted by atomic mass is 9.84. The molecule has 10 heteroatoms. The minimum Gasteiger partial charge on any atom is -0.463 e. The molecule has 174 valence electrons. The third kappa shape index (κ3) is 3.65. The second kappa shape index (κ2) is 8.18. The molecule has 3 heterocycles. The minimum atomic E-state index is -1.09. The van der Waals surface area contributed by atoms with Crippen LogP contribution in [0.5, 0.6) is 5.88 Å². The maximum absolute atomic E-state index is 15.1. The first kappa shape index (κ1) is 22.5. The Morgan fingerprint density at radius 2 is 2.18 bits per heavy atom. The Morgan fingerprint density at radius 1 is 1.35 bits per heavy atom. The lowest BCUT2D eigenvalue weighted by molar-refractivity contribution is 0.264. The number of aliphatic hydroxyl groups is 1. The third-order valence-electron chi connectivity index (χ3n) is 6.44. The molecular weight excluding hydrogens is 460 g/mol. The zero-order valence-corrected chi connectivity index (χ0v) is 19.1. The Kier molecular flexibility index (Phi) is 5.41. The van der Waals surface area contributed by atoms with Crippen molar-refractivity contribution < 1.29 is 18.6 Å². The highest BCUT2D eigenvalue weighted by molar-refractivity contribution is 8.15. The molecule has 1 aromatic carbocycles. The number of hydrogen-bond donors (Lipinski definition) is 2. The molecule has 1 aliphatic heterocycles. The summed E-state index contributed by atoms with van der Waals surface area (Å²) in [5.74, 6) is 0.552. The molecular formula is C24H21F2N5O2S. The fraction of sp³-hybridized carbons (Fsp3) is 0.333. The molecule has 2 aliphatic rings. The van der Waals surface area contributed by atoms with Crippen LogP contribution in [-0.2, 0) is 12.0 Å². The van der Waals surface area contributed by atoms with Crippen LogP contribution in [0, 0.1) is 29.9 Å². The number of aromatic nitrogens is 3. The number of fused-ring (bicyclic) bond motifs is 2. The molecule has 0 bridgehead atoms. The zero-order valence-electron chi connectivity index (χ0n) is 18.3. The normalized spacial score (nSPS) is 25.4. The van der Waals surface area contributed by atoms with Gasteiger partial charge in [-0.2, -0.15) is 0 Å². The van der Waals surface area contributed by atoms with E-state index in [0.717, 1.165) is 6.07 Å². The van der Waals surface area contributed by atoms with Crippen molar-refractivity contribution in [2.24, 2.45) is 16.6 Å². The molecule has 3 aromatic rings. The van der Waals surface area contributed by atoms with E-state index in [1.54, 1.807) is 25.3 Å². The molecule has 0 spiro atoms. The number of nitrogens with zero attached hydrogens (tertiary/aromatic N) is 4. The first-order valence-corrected chi connectivity index (χ1v) is 11.4. The Balaban J connectivity index is 1.53. The third-order valence-corrected chi connectivity index (χ3v) is 7.73. The van der Waals surface area contributed by atoms with Crippen LogP contribution < -0.4 is 10.5 Å². The summed E-state index contributed by atoms with van der Waals surface area (Å²) in [7, 11) is 0. The molecule has 2 aromatic heterocycles. The van der Waals surface area contributed by atoms with Crippen LogP contribution in [0.1, 0.15) is 30.2 Å². The van der Waals surface area contributed by atoms with Gasteiger partial charge in [0.25, 0.3) is 0 Å². The molecule has 0 unspecified atom stereocenters. The second-order valence-electron chi connectivity index (χ2n) is 8.62. The summed E-state index contributed by atoms with van der Waals surface area (Å²) in [5.41, 5.74) is 7.16. The second-order valence-corrected chi connectivity index (χ2v) is 10.1. The topological polar surface area (TPSA) is 107 Å². The van der Waals surface area contributed by atoms with Gasteiger partial charge in [-0.05, 0) is 37.1 Å². The van der Waals surface area contributed by atoms with E-state index in [9.17, 15) is 9.50 Å². The van der Waals surface area contributed by atoms with Crippen LogP contribution in [-0.4, -0.2) is 43.2 Å². The van der Waals surface area contributed by atoms with Crippen molar-refractivity contribution in [1.82, 2.24) is 15.0 Å². The van der Waals surface area contributed by atoms with Gasteiger partial charge in [0.05, 0.1) is 34.3 Å². The molecule has 1 saturated carbocycles. The van der Waals surface area contributed by atoms with Gasteiger partial charge in [-0.3, -0.25) is 9.98 Å². The summed E-state index contributed by atoms with van der Waals surface area (Å²) in [6, 6.07) is 4.44. The SMILES string of the molecule is C#CCOc1cnc2c(Cc3cc(F)c(F)c([C@@]4(C)N=C(N)S[C@@]5(CO)C[C@H]54)c3)nccc2n1. The van der Waals surface area contributed by atoms with Gasteiger partial charge in [-0.1, -0.05) is 17.7 Å². The highest BCUT2D eigenvalue weighted by atomic mass is 32.2. The number of halogens is 2. The molecule has 7 nitrogen and oxygen atoms in total. The molecule has 1 aliphatic carbocycles. The first-order valence-electron chi connectivity index (χ1n) is 10.6. The quantitative estimate of drug-likeness (QED) is 0.522. The monoisotopic (exact) mass is 481 g/mol. The van der Waals surface area contributed by atoms with Crippen molar-refractivity contribution in [3.8, 4) is 18.2 Å². The van der Waals surface area contributed by atoms with E-state index in [4.69, 9.17) is 16.9 Å². The van der Waals surface area contributed by atoms with Crippen molar-refractivity contribution in [2.75, 3.05) is 13.2 Å². The molecule has 1 fully saturated rings. The van der Waals surface area contributed by atoms with E-state index in [2.05, 4.69) is 25.9 Å². The van der Waals surface area contributed by atoms with Crippen LogP contribution in [0.25, 0.3) is 11.0 Å². The standard InChI is InChI=1S/C24H21F2N5O2S/c1-3-6-33-19-11-29-21-16(30-19)4-5-28-17(21)9-13-7-14(20(26)15(25)8-13)23(2)18-10-24(18,12-32)34-22(27)31-23/h1,4-5,7-8,11,18,32H,6,9-10,12H2,2H3,(H2,27,31)/t18-,23+,24+/m0/s1. The number of pyridine rings is 1. The number of aliphatic imine (C=N–C) groups is 1. The predicted octanol–water partition coefficient (Wildman–Crippen LogP) is 2.93.